The molecule has 3 heterocycles. The van der Waals surface area contributed by atoms with Crippen molar-refractivity contribution in [1.82, 2.24) is 20.2 Å². The maximum Gasteiger partial charge on any atom is 0.225 e. The lowest BCUT2D eigenvalue weighted by atomic mass is 9.97. The average molecular weight is 426 g/mol. The summed E-state index contributed by atoms with van der Waals surface area (Å²) in [7, 11) is 0. The van der Waals surface area contributed by atoms with Gasteiger partial charge in [-0.3, -0.25) is 4.79 Å². The van der Waals surface area contributed by atoms with Gasteiger partial charge in [0.2, 0.25) is 11.9 Å². The normalized spacial score (nSPS) is 19.9. The van der Waals surface area contributed by atoms with Gasteiger partial charge in [0, 0.05) is 37.6 Å². The van der Waals surface area contributed by atoms with E-state index in [2.05, 4.69) is 25.1 Å². The molecule has 0 bridgehead atoms. The number of rotatable bonds is 7. The Morgan fingerprint density at radius 1 is 1.00 bits per heavy atom. The highest BCUT2D eigenvalue weighted by Crippen LogP contribution is 2.23. The number of amides is 1. The van der Waals surface area contributed by atoms with Crippen LogP contribution in [-0.2, 0) is 4.79 Å². The Morgan fingerprint density at radius 3 is 2.48 bits per heavy atom. The molecular weight excluding hydrogens is 393 g/mol. The van der Waals surface area contributed by atoms with Crippen LogP contribution in [0.25, 0.3) is 11.1 Å². The van der Waals surface area contributed by atoms with E-state index in [-0.39, 0.29) is 17.6 Å². The van der Waals surface area contributed by atoms with Gasteiger partial charge < -0.3 is 15.1 Å². The lowest BCUT2D eigenvalue weighted by Gasteiger charge is -2.32. The van der Waals surface area contributed by atoms with Crippen LogP contribution in [0.4, 0.5) is 10.3 Å². The van der Waals surface area contributed by atoms with Crippen molar-refractivity contribution in [2.75, 3.05) is 44.2 Å². The number of hydrogen-bond donors (Lipinski definition) is 1. The number of nitrogens with one attached hydrogen (secondary N) is 1. The zero-order valence-corrected chi connectivity index (χ0v) is 18.1. The Labute approximate surface area is 183 Å². The van der Waals surface area contributed by atoms with Crippen molar-refractivity contribution in [3.63, 3.8) is 0 Å². The predicted molar refractivity (Wildman–Crippen MR) is 120 cm³/mol. The zero-order chi connectivity index (χ0) is 21.5. The molecule has 0 unspecified atom stereocenters. The van der Waals surface area contributed by atoms with Gasteiger partial charge in [-0.1, -0.05) is 18.6 Å². The molecule has 0 saturated carbocycles. The maximum atomic E-state index is 13.1. The highest BCUT2D eigenvalue weighted by molar-refractivity contribution is 5.79. The molecule has 166 valence electrons. The fourth-order valence-electron chi connectivity index (χ4n) is 4.49. The fraction of sp³-hybridized carbons (Fsp3) is 0.542. The summed E-state index contributed by atoms with van der Waals surface area (Å²) in [5, 5.41) is 3.14. The molecule has 0 spiro atoms. The second-order valence-corrected chi connectivity index (χ2v) is 8.61. The molecular formula is C24H32FN5O. The molecule has 2 fully saturated rings. The molecule has 1 aromatic carbocycles. The molecule has 31 heavy (non-hydrogen) atoms. The first kappa shape index (κ1) is 21.7. The fourth-order valence-corrected chi connectivity index (χ4v) is 4.49. The van der Waals surface area contributed by atoms with Gasteiger partial charge in [-0.2, -0.15) is 0 Å². The third-order valence-electron chi connectivity index (χ3n) is 6.29. The third kappa shape index (κ3) is 6.00. The molecule has 2 aromatic rings. The van der Waals surface area contributed by atoms with E-state index in [9.17, 15) is 9.18 Å². The highest BCUT2D eigenvalue weighted by Gasteiger charge is 2.27. The van der Waals surface area contributed by atoms with E-state index in [0.717, 1.165) is 50.0 Å². The van der Waals surface area contributed by atoms with Crippen molar-refractivity contribution >= 4 is 11.9 Å². The number of nitrogens with zero attached hydrogens (tertiary/aromatic N) is 4. The average Bonchev–Trinajstić information content (AvgIpc) is 2.83. The quantitative estimate of drug-likeness (QED) is 0.688. The number of carbonyl (C=O) groups is 1. The minimum absolute atomic E-state index is 0.0240. The summed E-state index contributed by atoms with van der Waals surface area (Å²) < 4.78 is 13.1. The number of likely N-dealkylation sites (tertiary alicyclic amines) is 1. The highest BCUT2D eigenvalue weighted by atomic mass is 19.1. The van der Waals surface area contributed by atoms with Crippen LogP contribution in [0.5, 0.6) is 0 Å². The van der Waals surface area contributed by atoms with Crippen LogP contribution in [-0.4, -0.2) is 60.0 Å². The standard InChI is InChI=1S/C24H32FN5O/c25-22-9-7-19(8-10-22)21-16-27-24(28-17-21)30-15-4-6-20(18-30)23(31)26-11-5-14-29-12-2-1-3-13-29/h7-10,16-17,20H,1-6,11-15,18H2,(H,26,31)/t20-/m0/s1. The van der Waals surface area contributed by atoms with Gasteiger partial charge in [0.25, 0.3) is 0 Å². The first-order valence-electron chi connectivity index (χ1n) is 11.5. The molecule has 1 aromatic heterocycles. The van der Waals surface area contributed by atoms with E-state index in [1.807, 2.05) is 0 Å². The van der Waals surface area contributed by atoms with Crippen molar-refractivity contribution in [2.45, 2.75) is 38.5 Å². The Kier molecular flexibility index (Phi) is 7.46. The van der Waals surface area contributed by atoms with E-state index >= 15 is 0 Å². The number of anilines is 1. The number of benzene rings is 1. The molecule has 0 aliphatic carbocycles. The first-order chi connectivity index (χ1) is 15.2. The van der Waals surface area contributed by atoms with Gasteiger partial charge in [-0.05, 0) is 69.4 Å². The monoisotopic (exact) mass is 425 g/mol. The Bertz CT molecular complexity index is 836. The van der Waals surface area contributed by atoms with Crippen LogP contribution in [0.3, 0.4) is 0 Å². The first-order valence-corrected chi connectivity index (χ1v) is 11.5. The Balaban J connectivity index is 1.25. The molecule has 1 N–H and O–H groups in total. The third-order valence-corrected chi connectivity index (χ3v) is 6.29. The van der Waals surface area contributed by atoms with Gasteiger partial charge in [0.1, 0.15) is 5.82 Å². The maximum absolute atomic E-state index is 13.1. The second kappa shape index (κ2) is 10.7. The van der Waals surface area contributed by atoms with E-state index < -0.39 is 0 Å². The molecule has 2 aliphatic heterocycles. The smallest absolute Gasteiger partial charge is 0.225 e. The topological polar surface area (TPSA) is 61.4 Å². The molecule has 2 saturated heterocycles. The van der Waals surface area contributed by atoms with Crippen molar-refractivity contribution in [1.29, 1.82) is 0 Å². The van der Waals surface area contributed by atoms with E-state index in [1.54, 1.807) is 24.5 Å². The van der Waals surface area contributed by atoms with Crippen molar-refractivity contribution < 1.29 is 9.18 Å². The van der Waals surface area contributed by atoms with Gasteiger partial charge >= 0.3 is 0 Å². The summed E-state index contributed by atoms with van der Waals surface area (Å²) in [6, 6.07) is 6.31. The summed E-state index contributed by atoms with van der Waals surface area (Å²) in [5.74, 6) is 0.509. The molecule has 4 rings (SSSR count). The number of hydrogen-bond acceptors (Lipinski definition) is 5. The van der Waals surface area contributed by atoms with Crippen LogP contribution in [0.2, 0.25) is 0 Å². The van der Waals surface area contributed by atoms with Gasteiger partial charge in [-0.25, -0.2) is 14.4 Å². The second-order valence-electron chi connectivity index (χ2n) is 8.61. The number of piperidine rings is 2. The van der Waals surface area contributed by atoms with Crippen molar-refractivity contribution in [3.8, 4) is 11.1 Å². The molecule has 7 heteroatoms. The van der Waals surface area contributed by atoms with Gasteiger partial charge in [-0.15, -0.1) is 0 Å². The SMILES string of the molecule is O=C(NCCCN1CCCCC1)[C@H]1CCCN(c2ncc(-c3ccc(F)cc3)cn2)C1. The number of halogens is 1. The number of aromatic nitrogens is 2. The van der Waals surface area contributed by atoms with E-state index in [4.69, 9.17) is 0 Å². The molecule has 1 amide bonds. The predicted octanol–water partition coefficient (Wildman–Crippen LogP) is 3.49. The Morgan fingerprint density at radius 2 is 1.74 bits per heavy atom. The number of carbonyl (C=O) groups excluding carboxylic acids is 1. The summed E-state index contributed by atoms with van der Waals surface area (Å²) >= 11 is 0. The van der Waals surface area contributed by atoms with Crippen LogP contribution in [0, 0.1) is 11.7 Å². The zero-order valence-electron chi connectivity index (χ0n) is 18.1. The molecule has 1 atom stereocenters. The summed E-state index contributed by atoms with van der Waals surface area (Å²) in [4.78, 5) is 26.3. The molecule has 2 aliphatic rings. The Hall–Kier alpha value is -2.54. The lowest BCUT2D eigenvalue weighted by molar-refractivity contribution is -0.125. The lowest BCUT2D eigenvalue weighted by Crippen LogP contribution is -2.44. The summed E-state index contributed by atoms with van der Waals surface area (Å²) in [6.45, 7) is 5.72. The minimum atomic E-state index is -0.259. The van der Waals surface area contributed by atoms with Crippen LogP contribution < -0.4 is 10.2 Å². The van der Waals surface area contributed by atoms with E-state index in [1.165, 1.54) is 44.5 Å². The van der Waals surface area contributed by atoms with Crippen LogP contribution >= 0.6 is 0 Å². The largest absolute Gasteiger partial charge is 0.356 e. The minimum Gasteiger partial charge on any atom is -0.356 e. The van der Waals surface area contributed by atoms with Crippen molar-refractivity contribution in [2.24, 2.45) is 5.92 Å². The summed E-state index contributed by atoms with van der Waals surface area (Å²) in [5.41, 5.74) is 1.73. The molecule has 0 radical (unpaired) electrons. The van der Waals surface area contributed by atoms with Crippen LogP contribution in [0.1, 0.15) is 38.5 Å². The van der Waals surface area contributed by atoms with Crippen molar-refractivity contribution in [3.05, 3.63) is 42.5 Å². The van der Waals surface area contributed by atoms with E-state index in [0.29, 0.717) is 12.5 Å². The van der Waals surface area contributed by atoms with Crippen LogP contribution in [0.15, 0.2) is 36.7 Å². The van der Waals surface area contributed by atoms with Gasteiger partial charge in [0.05, 0.1) is 5.92 Å². The molecule has 6 nitrogen and oxygen atoms in total. The summed E-state index contributed by atoms with van der Waals surface area (Å²) in [6.07, 6.45) is 10.4. The van der Waals surface area contributed by atoms with Gasteiger partial charge in [0.15, 0.2) is 0 Å².